The molecule has 0 aliphatic carbocycles. The maximum Gasteiger partial charge on any atom is 0.222 e. The summed E-state index contributed by atoms with van der Waals surface area (Å²) < 4.78 is 5.22. The van der Waals surface area contributed by atoms with Gasteiger partial charge in [0.2, 0.25) is 5.91 Å². The topological polar surface area (TPSA) is 55.6 Å². The minimum absolute atomic E-state index is 0.262. The Kier molecular flexibility index (Phi) is 6.42. The molecule has 1 unspecified atom stereocenters. The van der Waals surface area contributed by atoms with Crippen LogP contribution in [0.1, 0.15) is 32.6 Å². The molecule has 0 radical (unpaired) electrons. The van der Waals surface area contributed by atoms with E-state index in [4.69, 9.17) is 10.5 Å². The second-order valence-electron chi connectivity index (χ2n) is 4.38. The van der Waals surface area contributed by atoms with Crippen molar-refractivity contribution in [2.45, 2.75) is 32.6 Å². The Morgan fingerprint density at radius 3 is 3.06 bits per heavy atom. The third-order valence-electron chi connectivity index (χ3n) is 3.09. The van der Waals surface area contributed by atoms with Crippen LogP contribution < -0.4 is 5.73 Å². The summed E-state index contributed by atoms with van der Waals surface area (Å²) in [4.78, 5) is 13.8. The first-order chi connectivity index (χ1) is 7.77. The molecule has 1 saturated heterocycles. The van der Waals surface area contributed by atoms with E-state index in [1.54, 1.807) is 0 Å². The molecule has 2 N–H and O–H groups in total. The van der Waals surface area contributed by atoms with E-state index in [9.17, 15) is 4.79 Å². The van der Waals surface area contributed by atoms with Gasteiger partial charge in [0.25, 0.3) is 0 Å². The van der Waals surface area contributed by atoms with Gasteiger partial charge in [-0.2, -0.15) is 0 Å². The van der Waals surface area contributed by atoms with Crippen molar-refractivity contribution in [2.75, 3.05) is 32.8 Å². The molecular weight excluding hydrogens is 204 g/mol. The van der Waals surface area contributed by atoms with E-state index in [1.165, 1.54) is 6.42 Å². The first kappa shape index (κ1) is 13.5. The van der Waals surface area contributed by atoms with Crippen LogP contribution in [0.4, 0.5) is 0 Å². The van der Waals surface area contributed by atoms with Crippen molar-refractivity contribution < 1.29 is 9.53 Å². The van der Waals surface area contributed by atoms with Gasteiger partial charge in [0.05, 0.1) is 0 Å². The van der Waals surface area contributed by atoms with Crippen LogP contribution in [0.2, 0.25) is 0 Å². The van der Waals surface area contributed by atoms with Gasteiger partial charge in [-0.15, -0.1) is 0 Å². The third-order valence-corrected chi connectivity index (χ3v) is 3.09. The standard InChI is InChI=1S/C12H24N2O2/c1-2-16-8-4-6-12(15)14-7-3-5-11(9-13)10-14/h11H,2-10,13H2,1H3. The Morgan fingerprint density at radius 1 is 1.56 bits per heavy atom. The van der Waals surface area contributed by atoms with Crippen molar-refractivity contribution in [3.8, 4) is 0 Å². The van der Waals surface area contributed by atoms with Crippen molar-refractivity contribution in [2.24, 2.45) is 11.7 Å². The van der Waals surface area contributed by atoms with Crippen molar-refractivity contribution in [3.63, 3.8) is 0 Å². The lowest BCUT2D eigenvalue weighted by Gasteiger charge is -2.32. The van der Waals surface area contributed by atoms with Crippen LogP contribution >= 0.6 is 0 Å². The highest BCUT2D eigenvalue weighted by Gasteiger charge is 2.21. The molecule has 0 spiro atoms. The van der Waals surface area contributed by atoms with E-state index < -0.39 is 0 Å². The fraction of sp³-hybridized carbons (Fsp3) is 0.917. The van der Waals surface area contributed by atoms with Crippen molar-refractivity contribution in [1.29, 1.82) is 0 Å². The number of piperidine rings is 1. The molecule has 16 heavy (non-hydrogen) atoms. The van der Waals surface area contributed by atoms with Crippen LogP contribution in [-0.4, -0.2) is 43.7 Å². The van der Waals surface area contributed by atoms with Crippen LogP contribution in [0, 0.1) is 5.92 Å². The quantitative estimate of drug-likeness (QED) is 0.690. The SMILES string of the molecule is CCOCCCC(=O)N1CCCC(CN)C1. The molecule has 1 fully saturated rings. The molecule has 1 rings (SSSR count). The highest BCUT2D eigenvalue weighted by atomic mass is 16.5. The van der Waals surface area contributed by atoms with Crippen molar-refractivity contribution in [1.82, 2.24) is 4.90 Å². The first-order valence-electron chi connectivity index (χ1n) is 6.33. The van der Waals surface area contributed by atoms with Gasteiger partial charge in [-0.1, -0.05) is 0 Å². The van der Waals surface area contributed by atoms with Gasteiger partial charge in [0.1, 0.15) is 0 Å². The van der Waals surface area contributed by atoms with Gasteiger partial charge in [-0.3, -0.25) is 4.79 Å². The van der Waals surface area contributed by atoms with Gasteiger partial charge in [-0.25, -0.2) is 0 Å². The van der Waals surface area contributed by atoms with Crippen LogP contribution in [0.15, 0.2) is 0 Å². The number of nitrogens with two attached hydrogens (primary N) is 1. The molecule has 0 aromatic rings. The monoisotopic (exact) mass is 228 g/mol. The normalized spacial score (nSPS) is 21.1. The molecule has 0 aromatic heterocycles. The van der Waals surface area contributed by atoms with E-state index in [0.29, 0.717) is 25.5 Å². The molecule has 0 bridgehead atoms. The first-order valence-corrected chi connectivity index (χ1v) is 6.33. The average molecular weight is 228 g/mol. The minimum Gasteiger partial charge on any atom is -0.382 e. The Bertz CT molecular complexity index is 209. The predicted molar refractivity (Wildman–Crippen MR) is 64.1 cm³/mol. The summed E-state index contributed by atoms with van der Waals surface area (Å²) in [5.74, 6) is 0.766. The van der Waals surface area contributed by atoms with E-state index in [1.807, 2.05) is 11.8 Å². The number of ether oxygens (including phenoxy) is 1. The number of hydrogen-bond donors (Lipinski definition) is 1. The molecule has 0 aromatic carbocycles. The summed E-state index contributed by atoms with van der Waals surface area (Å²) in [5, 5.41) is 0. The van der Waals surface area contributed by atoms with E-state index in [2.05, 4.69) is 0 Å². The molecule has 0 saturated carbocycles. The number of hydrogen-bond acceptors (Lipinski definition) is 3. The van der Waals surface area contributed by atoms with Crippen LogP contribution in [0.25, 0.3) is 0 Å². The molecular formula is C12H24N2O2. The van der Waals surface area contributed by atoms with Gasteiger partial charge in [0, 0.05) is 32.7 Å². The maximum absolute atomic E-state index is 11.9. The van der Waals surface area contributed by atoms with Crippen molar-refractivity contribution >= 4 is 5.91 Å². The molecule has 1 aliphatic rings. The second-order valence-corrected chi connectivity index (χ2v) is 4.38. The number of carbonyl (C=O) groups is 1. The zero-order valence-corrected chi connectivity index (χ0v) is 10.3. The fourth-order valence-corrected chi connectivity index (χ4v) is 2.11. The Balaban J connectivity index is 2.19. The lowest BCUT2D eigenvalue weighted by atomic mass is 9.98. The lowest BCUT2D eigenvalue weighted by Crippen LogP contribution is -2.42. The van der Waals surface area contributed by atoms with E-state index >= 15 is 0 Å². The smallest absolute Gasteiger partial charge is 0.222 e. The zero-order valence-electron chi connectivity index (χ0n) is 10.3. The summed E-state index contributed by atoms with van der Waals surface area (Å²) in [6.07, 6.45) is 3.70. The van der Waals surface area contributed by atoms with Crippen LogP contribution in [0.5, 0.6) is 0 Å². The van der Waals surface area contributed by atoms with E-state index in [0.717, 1.165) is 32.5 Å². The third kappa shape index (κ3) is 4.49. The second kappa shape index (κ2) is 7.63. The molecule has 1 aliphatic heterocycles. The number of amides is 1. The van der Waals surface area contributed by atoms with Gasteiger partial charge in [-0.05, 0) is 38.6 Å². The molecule has 1 atom stereocenters. The largest absolute Gasteiger partial charge is 0.382 e. The van der Waals surface area contributed by atoms with Gasteiger partial charge in [0.15, 0.2) is 0 Å². The Morgan fingerprint density at radius 2 is 2.38 bits per heavy atom. The summed E-state index contributed by atoms with van der Waals surface area (Å²) in [7, 11) is 0. The summed E-state index contributed by atoms with van der Waals surface area (Å²) >= 11 is 0. The molecule has 4 heteroatoms. The molecule has 1 amide bonds. The summed E-state index contributed by atoms with van der Waals surface area (Å²) in [5.41, 5.74) is 5.65. The number of rotatable bonds is 6. The Labute approximate surface area is 98.1 Å². The maximum atomic E-state index is 11.9. The van der Waals surface area contributed by atoms with Gasteiger partial charge >= 0.3 is 0 Å². The highest BCUT2D eigenvalue weighted by molar-refractivity contribution is 5.76. The predicted octanol–water partition coefficient (Wildman–Crippen LogP) is 1.00. The number of nitrogens with zero attached hydrogens (tertiary/aromatic N) is 1. The molecule has 4 nitrogen and oxygen atoms in total. The van der Waals surface area contributed by atoms with Crippen LogP contribution in [0.3, 0.4) is 0 Å². The van der Waals surface area contributed by atoms with E-state index in [-0.39, 0.29) is 5.91 Å². The summed E-state index contributed by atoms with van der Waals surface area (Å²) in [6, 6.07) is 0. The number of likely N-dealkylation sites (tertiary alicyclic amines) is 1. The molecule has 1 heterocycles. The highest BCUT2D eigenvalue weighted by Crippen LogP contribution is 2.16. The lowest BCUT2D eigenvalue weighted by molar-refractivity contribution is -0.133. The van der Waals surface area contributed by atoms with Crippen molar-refractivity contribution in [3.05, 3.63) is 0 Å². The zero-order chi connectivity index (χ0) is 11.8. The minimum atomic E-state index is 0.262. The van der Waals surface area contributed by atoms with Gasteiger partial charge < -0.3 is 15.4 Å². The fourth-order valence-electron chi connectivity index (χ4n) is 2.11. The Hall–Kier alpha value is -0.610. The average Bonchev–Trinajstić information content (AvgIpc) is 2.34. The summed E-state index contributed by atoms with van der Waals surface area (Å²) in [6.45, 7) is 5.85. The molecule has 94 valence electrons. The number of carbonyl (C=O) groups excluding carboxylic acids is 1. The van der Waals surface area contributed by atoms with Crippen LogP contribution in [-0.2, 0) is 9.53 Å².